The van der Waals surface area contributed by atoms with Crippen LogP contribution in [0, 0.1) is 11.6 Å². The smallest absolute Gasteiger partial charge is 0.264 e. The molecule has 1 aromatic heterocycles. The SMILES string of the molecule is CCc1cc2cccc(Cl)c2c(=O)n1-c1cc(F)cc(F)c1. The van der Waals surface area contributed by atoms with Gasteiger partial charge < -0.3 is 0 Å². The van der Waals surface area contributed by atoms with Gasteiger partial charge in [0.25, 0.3) is 5.56 Å². The number of fused-ring (bicyclic) bond motifs is 1. The van der Waals surface area contributed by atoms with Crippen molar-refractivity contribution >= 4 is 22.4 Å². The van der Waals surface area contributed by atoms with Crippen LogP contribution in [0.2, 0.25) is 5.02 Å². The maximum Gasteiger partial charge on any atom is 0.264 e. The van der Waals surface area contributed by atoms with Gasteiger partial charge in [0, 0.05) is 11.8 Å². The number of benzene rings is 2. The Kier molecular flexibility index (Phi) is 3.71. The number of nitrogens with zero attached hydrogens (tertiary/aromatic N) is 1. The summed E-state index contributed by atoms with van der Waals surface area (Å²) < 4.78 is 28.3. The predicted molar refractivity (Wildman–Crippen MR) is 83.8 cm³/mol. The monoisotopic (exact) mass is 319 g/mol. The molecule has 0 spiro atoms. The maximum absolute atomic E-state index is 13.5. The lowest BCUT2D eigenvalue weighted by Crippen LogP contribution is -2.22. The van der Waals surface area contributed by atoms with Gasteiger partial charge in [0.2, 0.25) is 0 Å². The lowest BCUT2D eigenvalue weighted by atomic mass is 10.1. The van der Waals surface area contributed by atoms with Crippen LogP contribution in [0.25, 0.3) is 16.5 Å². The first kappa shape index (κ1) is 14.7. The van der Waals surface area contributed by atoms with Crippen molar-refractivity contribution in [2.24, 2.45) is 0 Å². The molecule has 3 rings (SSSR count). The first-order valence-electron chi connectivity index (χ1n) is 6.81. The molecule has 22 heavy (non-hydrogen) atoms. The molecule has 3 aromatic rings. The molecule has 0 N–H and O–H groups in total. The van der Waals surface area contributed by atoms with Gasteiger partial charge in [-0.15, -0.1) is 0 Å². The van der Waals surface area contributed by atoms with Gasteiger partial charge in [-0.25, -0.2) is 8.78 Å². The Morgan fingerprint density at radius 3 is 2.41 bits per heavy atom. The molecule has 2 nitrogen and oxygen atoms in total. The highest BCUT2D eigenvalue weighted by atomic mass is 35.5. The van der Waals surface area contributed by atoms with Crippen molar-refractivity contribution in [1.82, 2.24) is 4.57 Å². The number of hydrogen-bond donors (Lipinski definition) is 0. The molecule has 112 valence electrons. The van der Waals surface area contributed by atoms with E-state index in [4.69, 9.17) is 11.6 Å². The topological polar surface area (TPSA) is 22.0 Å². The van der Waals surface area contributed by atoms with Gasteiger partial charge in [-0.3, -0.25) is 9.36 Å². The van der Waals surface area contributed by atoms with Crippen molar-refractivity contribution in [2.45, 2.75) is 13.3 Å². The summed E-state index contributed by atoms with van der Waals surface area (Å²) in [6.07, 6.45) is 0.538. The van der Waals surface area contributed by atoms with E-state index in [9.17, 15) is 13.6 Å². The summed E-state index contributed by atoms with van der Waals surface area (Å²) in [5.74, 6) is -1.47. The number of hydrogen-bond acceptors (Lipinski definition) is 1. The van der Waals surface area contributed by atoms with E-state index in [-0.39, 0.29) is 11.2 Å². The molecule has 0 saturated carbocycles. The highest BCUT2D eigenvalue weighted by molar-refractivity contribution is 6.35. The summed E-state index contributed by atoms with van der Waals surface area (Å²) in [5.41, 5.74) is 0.427. The van der Waals surface area contributed by atoms with Crippen LogP contribution in [0.4, 0.5) is 8.78 Å². The number of pyridine rings is 1. The fourth-order valence-electron chi connectivity index (χ4n) is 2.58. The average molecular weight is 320 g/mol. The van der Waals surface area contributed by atoms with E-state index in [1.807, 2.05) is 13.0 Å². The molecule has 0 atom stereocenters. The molecule has 5 heteroatoms. The van der Waals surface area contributed by atoms with Gasteiger partial charge in [-0.05, 0) is 36.1 Å². The molecule has 0 amide bonds. The van der Waals surface area contributed by atoms with Gasteiger partial charge in [0.1, 0.15) is 11.6 Å². The van der Waals surface area contributed by atoms with Crippen molar-refractivity contribution in [2.75, 3.05) is 0 Å². The summed E-state index contributed by atoms with van der Waals surface area (Å²) in [6, 6.07) is 10.0. The first-order chi connectivity index (χ1) is 10.5. The van der Waals surface area contributed by atoms with Crippen LogP contribution in [0.5, 0.6) is 0 Å². The molecule has 0 aliphatic carbocycles. The molecule has 0 bridgehead atoms. The van der Waals surface area contributed by atoms with Crippen molar-refractivity contribution in [1.29, 1.82) is 0 Å². The molecule has 0 radical (unpaired) electrons. The molecular weight excluding hydrogens is 308 g/mol. The third-order valence-electron chi connectivity index (χ3n) is 3.54. The van der Waals surface area contributed by atoms with Crippen LogP contribution in [-0.4, -0.2) is 4.57 Å². The van der Waals surface area contributed by atoms with E-state index >= 15 is 0 Å². The van der Waals surface area contributed by atoms with Gasteiger partial charge in [0.05, 0.1) is 16.1 Å². The Morgan fingerprint density at radius 1 is 1.09 bits per heavy atom. The van der Waals surface area contributed by atoms with Gasteiger partial charge in [-0.2, -0.15) is 0 Å². The Bertz CT molecular complexity index is 914. The molecular formula is C17H12ClF2NO. The lowest BCUT2D eigenvalue weighted by molar-refractivity contribution is 0.581. The van der Waals surface area contributed by atoms with E-state index < -0.39 is 11.6 Å². The van der Waals surface area contributed by atoms with Crippen LogP contribution in [0.3, 0.4) is 0 Å². The maximum atomic E-state index is 13.5. The Balaban J connectivity index is 2.44. The average Bonchev–Trinajstić information content (AvgIpc) is 2.45. The number of halogens is 3. The molecule has 2 aromatic carbocycles. The van der Waals surface area contributed by atoms with Crippen LogP contribution in [0.1, 0.15) is 12.6 Å². The van der Waals surface area contributed by atoms with E-state index in [1.54, 1.807) is 18.2 Å². The van der Waals surface area contributed by atoms with E-state index in [1.165, 1.54) is 4.57 Å². The zero-order chi connectivity index (χ0) is 15.9. The number of aryl methyl sites for hydroxylation is 1. The summed E-state index contributed by atoms with van der Waals surface area (Å²) in [5, 5.41) is 1.37. The highest BCUT2D eigenvalue weighted by Gasteiger charge is 2.13. The molecule has 0 aliphatic rings. The fraction of sp³-hybridized carbons (Fsp3) is 0.118. The van der Waals surface area contributed by atoms with Gasteiger partial charge in [-0.1, -0.05) is 30.7 Å². The lowest BCUT2D eigenvalue weighted by Gasteiger charge is -2.14. The Morgan fingerprint density at radius 2 is 1.77 bits per heavy atom. The minimum absolute atomic E-state index is 0.154. The molecule has 0 unspecified atom stereocenters. The second-order valence-corrected chi connectivity index (χ2v) is 5.37. The second kappa shape index (κ2) is 5.54. The van der Waals surface area contributed by atoms with Crippen molar-refractivity contribution < 1.29 is 8.78 Å². The van der Waals surface area contributed by atoms with Crippen molar-refractivity contribution in [3.05, 3.63) is 75.2 Å². The zero-order valence-corrected chi connectivity index (χ0v) is 12.5. The third kappa shape index (κ3) is 2.40. The second-order valence-electron chi connectivity index (χ2n) is 4.96. The highest BCUT2D eigenvalue weighted by Crippen LogP contribution is 2.23. The minimum Gasteiger partial charge on any atom is -0.281 e. The van der Waals surface area contributed by atoms with Crippen LogP contribution < -0.4 is 5.56 Å². The van der Waals surface area contributed by atoms with Crippen molar-refractivity contribution in [3.63, 3.8) is 0 Å². The first-order valence-corrected chi connectivity index (χ1v) is 7.18. The van der Waals surface area contributed by atoms with Crippen LogP contribution in [0.15, 0.2) is 47.3 Å². The molecule has 0 saturated heterocycles. The molecule has 1 heterocycles. The summed E-state index contributed by atoms with van der Waals surface area (Å²) in [7, 11) is 0. The summed E-state index contributed by atoms with van der Waals surface area (Å²) in [6.45, 7) is 1.87. The van der Waals surface area contributed by atoms with Crippen LogP contribution in [-0.2, 0) is 6.42 Å². The van der Waals surface area contributed by atoms with Crippen molar-refractivity contribution in [3.8, 4) is 5.69 Å². The fourth-order valence-corrected chi connectivity index (χ4v) is 2.85. The Labute approximate surface area is 130 Å². The Hall–Kier alpha value is -2.20. The normalized spacial score (nSPS) is 11.1. The summed E-state index contributed by atoms with van der Waals surface area (Å²) in [4.78, 5) is 12.8. The van der Waals surface area contributed by atoms with Crippen LogP contribution >= 0.6 is 11.6 Å². The largest absolute Gasteiger partial charge is 0.281 e. The van der Waals surface area contributed by atoms with E-state index in [0.29, 0.717) is 27.9 Å². The zero-order valence-electron chi connectivity index (χ0n) is 11.7. The quantitative estimate of drug-likeness (QED) is 0.682. The third-order valence-corrected chi connectivity index (χ3v) is 3.85. The van der Waals surface area contributed by atoms with Gasteiger partial charge in [0.15, 0.2) is 0 Å². The number of aromatic nitrogens is 1. The van der Waals surface area contributed by atoms with Gasteiger partial charge >= 0.3 is 0 Å². The predicted octanol–water partition coefficient (Wildman–Crippen LogP) is 4.48. The molecule has 0 aliphatic heterocycles. The summed E-state index contributed by atoms with van der Waals surface area (Å²) >= 11 is 6.12. The van der Waals surface area contributed by atoms with E-state index in [2.05, 4.69) is 0 Å². The molecule has 0 fully saturated rings. The number of rotatable bonds is 2. The van der Waals surface area contributed by atoms with E-state index in [0.717, 1.165) is 18.2 Å². The minimum atomic E-state index is -0.733. The standard InChI is InChI=1S/C17H12ClF2NO/c1-2-13-6-10-4-3-5-15(18)16(10)17(22)21(13)14-8-11(19)7-12(20)9-14/h3-9H,2H2,1H3.